The molecule has 9 nitrogen and oxygen atoms in total. The van der Waals surface area contributed by atoms with E-state index >= 15 is 0 Å². The van der Waals surface area contributed by atoms with E-state index in [0.717, 1.165) is 17.3 Å². The average Bonchev–Trinajstić information content (AvgIpc) is 2.49. The molecule has 0 fully saturated rings. The maximum Gasteiger partial charge on any atom is 0.299 e. The van der Waals surface area contributed by atoms with Crippen LogP contribution >= 0.6 is 0 Å². The van der Waals surface area contributed by atoms with Crippen molar-refractivity contribution in [3.8, 4) is 0 Å². The first kappa shape index (κ1) is 15.5. The Morgan fingerprint density at radius 3 is 2.77 bits per heavy atom. The molecular weight excluding hydrogens is 312 g/mol. The quantitative estimate of drug-likeness (QED) is 0.515. The minimum atomic E-state index is -4.17. The van der Waals surface area contributed by atoms with Gasteiger partial charge in [0.2, 0.25) is 0 Å². The van der Waals surface area contributed by atoms with Crippen molar-refractivity contribution in [2.24, 2.45) is 9.63 Å². The minimum absolute atomic E-state index is 0.209. The van der Waals surface area contributed by atoms with Gasteiger partial charge in [-0.2, -0.15) is 8.42 Å². The number of hydrogen-bond donors (Lipinski definition) is 1. The van der Waals surface area contributed by atoms with Gasteiger partial charge in [0.15, 0.2) is 0 Å². The highest BCUT2D eigenvalue weighted by molar-refractivity contribution is 7.90. The first-order chi connectivity index (χ1) is 10.4. The Bertz CT molecular complexity index is 811. The number of allylic oxidation sites excluding steroid dienone is 3. The van der Waals surface area contributed by atoms with Crippen molar-refractivity contribution in [3.05, 3.63) is 70.7 Å². The molecule has 1 heterocycles. The fourth-order valence-electron chi connectivity index (χ4n) is 1.50. The third kappa shape index (κ3) is 3.62. The molecule has 1 aliphatic rings. The summed E-state index contributed by atoms with van der Waals surface area (Å²) >= 11 is 0. The van der Waals surface area contributed by atoms with Crippen LogP contribution in [-0.4, -0.2) is 23.6 Å². The summed E-state index contributed by atoms with van der Waals surface area (Å²) in [5.41, 5.74) is -0.156. The van der Waals surface area contributed by atoms with Crippen LogP contribution in [0, 0.1) is 10.1 Å². The van der Waals surface area contributed by atoms with Gasteiger partial charge in [-0.15, -0.1) is 5.11 Å². The molecular formula is C12H10N4O5S. The molecule has 22 heavy (non-hydrogen) atoms. The van der Waals surface area contributed by atoms with E-state index in [-0.39, 0.29) is 16.3 Å². The van der Waals surface area contributed by atoms with Crippen LogP contribution in [0.3, 0.4) is 0 Å². The van der Waals surface area contributed by atoms with Crippen LogP contribution in [0.2, 0.25) is 0 Å². The van der Waals surface area contributed by atoms with Crippen LogP contribution in [0.4, 0.5) is 5.69 Å². The number of hydroxylamine groups is 2. The SMILES string of the molecule is O=[N+]([O-])c1cccc(S(=O)(=O)N=NC=C2C=CC=CN2O)c1. The van der Waals surface area contributed by atoms with Gasteiger partial charge in [-0.05, 0) is 18.2 Å². The van der Waals surface area contributed by atoms with E-state index in [9.17, 15) is 23.7 Å². The van der Waals surface area contributed by atoms with Crippen molar-refractivity contribution in [2.75, 3.05) is 0 Å². The zero-order valence-electron chi connectivity index (χ0n) is 11.0. The number of nitro benzene ring substituents is 1. The van der Waals surface area contributed by atoms with Gasteiger partial charge in [-0.3, -0.25) is 15.3 Å². The number of benzene rings is 1. The molecule has 10 heteroatoms. The summed E-state index contributed by atoms with van der Waals surface area (Å²) in [5.74, 6) is 0. The molecule has 0 radical (unpaired) electrons. The Labute approximate surface area is 125 Å². The van der Waals surface area contributed by atoms with E-state index in [2.05, 4.69) is 9.63 Å². The predicted octanol–water partition coefficient (Wildman–Crippen LogP) is 2.35. The summed E-state index contributed by atoms with van der Waals surface area (Å²) in [6.07, 6.45) is 7.03. The molecule has 0 atom stereocenters. The van der Waals surface area contributed by atoms with E-state index in [1.807, 2.05) is 0 Å². The Balaban J connectivity index is 2.24. The number of non-ortho nitro benzene ring substituents is 1. The first-order valence-corrected chi connectivity index (χ1v) is 7.29. The Kier molecular flexibility index (Phi) is 4.44. The Morgan fingerprint density at radius 2 is 2.09 bits per heavy atom. The van der Waals surface area contributed by atoms with Crippen LogP contribution in [0.5, 0.6) is 0 Å². The largest absolute Gasteiger partial charge is 0.299 e. The van der Waals surface area contributed by atoms with Gasteiger partial charge in [0, 0.05) is 18.3 Å². The van der Waals surface area contributed by atoms with Crippen molar-refractivity contribution in [2.45, 2.75) is 4.90 Å². The van der Waals surface area contributed by atoms with E-state index in [4.69, 9.17) is 0 Å². The van der Waals surface area contributed by atoms with E-state index in [1.165, 1.54) is 30.5 Å². The summed E-state index contributed by atoms with van der Waals surface area (Å²) in [4.78, 5) is 9.59. The zero-order valence-corrected chi connectivity index (χ0v) is 11.8. The maximum absolute atomic E-state index is 11.9. The van der Waals surface area contributed by atoms with Gasteiger partial charge in [-0.1, -0.05) is 16.7 Å². The molecule has 114 valence electrons. The molecule has 1 N–H and O–H groups in total. The van der Waals surface area contributed by atoms with Crippen molar-refractivity contribution in [1.29, 1.82) is 0 Å². The summed E-state index contributed by atoms with van der Waals surface area (Å²) in [7, 11) is -4.17. The summed E-state index contributed by atoms with van der Waals surface area (Å²) in [6.45, 7) is 0. The van der Waals surface area contributed by atoms with E-state index in [1.54, 1.807) is 12.2 Å². The highest BCUT2D eigenvalue weighted by atomic mass is 32.2. The zero-order chi connectivity index (χ0) is 16.2. The Hall–Kier alpha value is -2.85. The number of rotatable bonds is 4. The molecule has 1 aliphatic heterocycles. The number of nitrogens with zero attached hydrogens (tertiary/aromatic N) is 4. The van der Waals surface area contributed by atoms with Crippen LogP contribution in [0.25, 0.3) is 0 Å². The molecule has 0 saturated carbocycles. The van der Waals surface area contributed by atoms with Gasteiger partial charge in [0.25, 0.3) is 15.7 Å². The number of nitro groups is 1. The van der Waals surface area contributed by atoms with Crippen molar-refractivity contribution in [3.63, 3.8) is 0 Å². The lowest BCUT2D eigenvalue weighted by Gasteiger charge is -2.13. The van der Waals surface area contributed by atoms with Crippen molar-refractivity contribution in [1.82, 2.24) is 5.06 Å². The molecule has 0 bridgehead atoms. The normalized spacial score (nSPS) is 16.6. The highest BCUT2D eigenvalue weighted by Gasteiger charge is 2.16. The maximum atomic E-state index is 11.9. The lowest BCUT2D eigenvalue weighted by atomic mass is 10.3. The number of hydrogen-bond acceptors (Lipinski definition) is 7. The standard InChI is InChI=1S/C12H10N4O5S/c17-15-7-2-1-4-11(15)9-13-14-22(20,21)12-6-3-5-10(8-12)16(18)19/h1-9,17H. The molecule has 0 unspecified atom stereocenters. The van der Waals surface area contributed by atoms with Crippen LogP contribution in [0.15, 0.2) is 75.1 Å². The monoisotopic (exact) mass is 322 g/mol. The third-order valence-corrected chi connectivity index (χ3v) is 3.70. The molecule has 0 spiro atoms. The lowest BCUT2D eigenvalue weighted by Crippen LogP contribution is -2.10. The molecule has 0 saturated heterocycles. The fraction of sp³-hybridized carbons (Fsp3) is 0. The second kappa shape index (κ2) is 6.28. The van der Waals surface area contributed by atoms with Gasteiger partial charge < -0.3 is 0 Å². The molecule has 1 aromatic carbocycles. The van der Waals surface area contributed by atoms with Crippen molar-refractivity contribution >= 4 is 15.7 Å². The van der Waals surface area contributed by atoms with Gasteiger partial charge in [0.05, 0.1) is 21.7 Å². The summed E-state index contributed by atoms with van der Waals surface area (Å²) in [5, 5.41) is 24.2. The second-order valence-corrected chi connectivity index (χ2v) is 5.61. The molecule has 2 rings (SSSR count). The van der Waals surface area contributed by atoms with Gasteiger partial charge in [0.1, 0.15) is 0 Å². The Morgan fingerprint density at radius 1 is 1.32 bits per heavy atom. The van der Waals surface area contributed by atoms with Crippen LogP contribution < -0.4 is 0 Å². The molecule has 0 amide bonds. The van der Waals surface area contributed by atoms with Crippen LogP contribution in [0.1, 0.15) is 0 Å². The lowest BCUT2D eigenvalue weighted by molar-refractivity contribution is -0.385. The van der Waals surface area contributed by atoms with E-state index < -0.39 is 14.9 Å². The fourth-order valence-corrected chi connectivity index (χ4v) is 2.29. The number of sulfonamides is 1. The summed E-state index contributed by atoms with van der Waals surface area (Å²) in [6, 6.07) is 4.48. The van der Waals surface area contributed by atoms with Crippen molar-refractivity contribution < 1.29 is 18.5 Å². The minimum Gasteiger partial charge on any atom is -0.284 e. The highest BCUT2D eigenvalue weighted by Crippen LogP contribution is 2.19. The van der Waals surface area contributed by atoms with Crippen LogP contribution in [-0.2, 0) is 10.0 Å². The molecule has 1 aromatic rings. The van der Waals surface area contributed by atoms with E-state index in [0.29, 0.717) is 0 Å². The predicted molar refractivity (Wildman–Crippen MR) is 75.1 cm³/mol. The van der Waals surface area contributed by atoms with Gasteiger partial charge >= 0.3 is 0 Å². The second-order valence-electron chi connectivity index (χ2n) is 4.03. The summed E-state index contributed by atoms with van der Waals surface area (Å²) < 4.78 is 27.0. The third-order valence-electron chi connectivity index (χ3n) is 2.54. The van der Waals surface area contributed by atoms with Gasteiger partial charge in [-0.25, -0.2) is 5.06 Å². The smallest absolute Gasteiger partial charge is 0.284 e. The molecule has 0 aliphatic carbocycles. The molecule has 0 aromatic heterocycles. The topological polar surface area (TPSA) is 125 Å². The average molecular weight is 322 g/mol. The first-order valence-electron chi connectivity index (χ1n) is 5.85.